The van der Waals surface area contributed by atoms with Gasteiger partial charge < -0.3 is 4.74 Å². The van der Waals surface area contributed by atoms with Crippen molar-refractivity contribution in [2.24, 2.45) is 0 Å². The lowest BCUT2D eigenvalue weighted by Gasteiger charge is -2.38. The number of aromatic nitrogens is 3. The average Bonchev–Trinajstić information content (AvgIpc) is 2.82. The van der Waals surface area contributed by atoms with Crippen molar-refractivity contribution in [2.45, 2.75) is 69.9 Å². The van der Waals surface area contributed by atoms with Crippen molar-refractivity contribution in [3.8, 4) is 11.5 Å². The van der Waals surface area contributed by atoms with Crippen LogP contribution in [0.15, 0.2) is 47.8 Å². The number of rotatable bonds is 7. The van der Waals surface area contributed by atoms with Crippen molar-refractivity contribution in [3.63, 3.8) is 0 Å². The van der Waals surface area contributed by atoms with Gasteiger partial charge in [0.05, 0.1) is 5.39 Å². The maximum Gasteiger partial charge on any atom is 0.413 e. The van der Waals surface area contributed by atoms with E-state index in [-0.39, 0.29) is 23.2 Å². The van der Waals surface area contributed by atoms with Gasteiger partial charge in [-0.15, -0.1) is 5.54 Å². The predicted octanol–water partition coefficient (Wildman–Crippen LogP) is 5.75. The minimum absolute atomic E-state index is 0.0958. The Hall–Kier alpha value is -3.29. The number of carbonyl (C=O) groups excluding carboxylic acids is 1. The van der Waals surface area contributed by atoms with Crippen LogP contribution < -0.4 is 5.32 Å². The zero-order valence-electron chi connectivity index (χ0n) is 22.4. The molecule has 0 aliphatic carbocycles. The first-order valence-electron chi connectivity index (χ1n) is 12.2. The lowest BCUT2D eigenvalue weighted by Crippen LogP contribution is -2.43. The van der Waals surface area contributed by atoms with Crippen LogP contribution in [0.5, 0.6) is 0 Å². The molecular formula is C27H34N4O4SSi. The number of benzene rings is 1. The minimum atomic E-state index is -3.65. The van der Waals surface area contributed by atoms with Crippen LogP contribution in [0.1, 0.15) is 52.7 Å². The Morgan fingerprint density at radius 1 is 1.03 bits per heavy atom. The summed E-state index contributed by atoms with van der Waals surface area (Å²) in [5, 5.41) is 2.80. The molecule has 3 aromatic rings. The summed E-state index contributed by atoms with van der Waals surface area (Å²) in [6, 6.07) is 11.0. The van der Waals surface area contributed by atoms with Crippen molar-refractivity contribution in [3.05, 3.63) is 53.7 Å². The largest absolute Gasteiger partial charge is 0.444 e. The molecule has 37 heavy (non-hydrogen) atoms. The van der Waals surface area contributed by atoms with Gasteiger partial charge in [-0.05, 0) is 28.3 Å². The topological polar surface area (TPSA) is 111 Å². The highest BCUT2D eigenvalue weighted by Gasteiger charge is 2.41. The van der Waals surface area contributed by atoms with Crippen LogP contribution in [-0.2, 0) is 21.2 Å². The lowest BCUT2D eigenvalue weighted by atomic mass is 10.2. The molecule has 8 nitrogen and oxygen atoms in total. The summed E-state index contributed by atoms with van der Waals surface area (Å²) in [4.78, 5) is 25.1. The monoisotopic (exact) mass is 538 g/mol. The van der Waals surface area contributed by atoms with Gasteiger partial charge in [-0.2, -0.15) is 4.98 Å². The van der Waals surface area contributed by atoms with E-state index in [1.54, 1.807) is 6.07 Å². The number of amides is 1. The summed E-state index contributed by atoms with van der Waals surface area (Å²) in [6.07, 6.45) is 1.77. The number of hydrogen-bond donors (Lipinski definition) is 1. The number of nitrogens with one attached hydrogen (secondary N) is 1. The molecule has 1 N–H and O–H groups in total. The van der Waals surface area contributed by atoms with Crippen LogP contribution in [0.2, 0.25) is 16.6 Å². The Morgan fingerprint density at radius 2 is 1.65 bits per heavy atom. The molecular weight excluding hydrogens is 504 g/mol. The molecule has 3 rings (SSSR count). The van der Waals surface area contributed by atoms with Crippen LogP contribution in [0, 0.1) is 11.5 Å². The molecule has 0 radical (unpaired) electrons. The molecule has 0 atom stereocenters. The summed E-state index contributed by atoms with van der Waals surface area (Å²) in [6.45, 7) is 13.4. The molecule has 2 aromatic heterocycles. The Morgan fingerprint density at radius 3 is 2.22 bits per heavy atom. The van der Waals surface area contributed by atoms with Gasteiger partial charge in [-0.3, -0.25) is 5.32 Å². The van der Waals surface area contributed by atoms with E-state index in [0.717, 1.165) is 11.8 Å². The highest BCUT2D eigenvalue weighted by atomic mass is 32.2. The molecule has 0 aliphatic heterocycles. The Labute approximate surface area is 220 Å². The molecule has 0 saturated heterocycles. The van der Waals surface area contributed by atoms with Crippen molar-refractivity contribution in [1.82, 2.24) is 15.0 Å². The predicted molar refractivity (Wildman–Crippen MR) is 149 cm³/mol. The molecule has 2 heterocycles. The van der Waals surface area contributed by atoms with E-state index in [2.05, 4.69) is 73.3 Å². The second kappa shape index (κ2) is 11.4. The quantitative estimate of drug-likeness (QED) is 0.232. The molecule has 0 bridgehead atoms. The van der Waals surface area contributed by atoms with E-state index in [0.29, 0.717) is 27.6 Å². The van der Waals surface area contributed by atoms with Crippen LogP contribution >= 0.6 is 0 Å². The standard InChI is InChI=1S/C27H34N4O4SSi/c1-18(2)37(19(3)4,20(5)6)14-13-22-15-24(30-27(32)35-17-21-11-9-8-10-12-21)29-25-23(22)16-28-26(31-25)36(7,33)34/h8-12,15-16,18-20H,17H2,1-7H3,(H,28,29,30,31,32). The number of sulfone groups is 1. The molecule has 10 heteroatoms. The van der Waals surface area contributed by atoms with Gasteiger partial charge in [0.2, 0.25) is 15.0 Å². The molecule has 0 aliphatic rings. The summed E-state index contributed by atoms with van der Waals surface area (Å²) in [5.41, 5.74) is 6.47. The maximum absolute atomic E-state index is 12.5. The highest BCUT2D eigenvalue weighted by molar-refractivity contribution is 7.90. The van der Waals surface area contributed by atoms with Crippen molar-refractivity contribution < 1.29 is 17.9 Å². The molecule has 0 fully saturated rings. The zero-order valence-corrected chi connectivity index (χ0v) is 24.2. The van der Waals surface area contributed by atoms with Crippen LogP contribution in [-0.4, -0.2) is 43.8 Å². The number of anilines is 1. The Bertz CT molecular complexity index is 1420. The fraction of sp³-hybridized carbons (Fsp3) is 0.407. The molecule has 196 valence electrons. The van der Waals surface area contributed by atoms with Crippen LogP contribution in [0.4, 0.5) is 10.6 Å². The van der Waals surface area contributed by atoms with E-state index in [4.69, 9.17) is 4.74 Å². The van der Waals surface area contributed by atoms with Gasteiger partial charge in [0.1, 0.15) is 20.5 Å². The first-order chi connectivity index (χ1) is 17.3. The Balaban J connectivity index is 2.07. The average molecular weight is 539 g/mol. The maximum atomic E-state index is 12.5. The minimum Gasteiger partial charge on any atom is -0.444 e. The van der Waals surface area contributed by atoms with E-state index < -0.39 is 24.0 Å². The molecule has 1 amide bonds. The van der Waals surface area contributed by atoms with Gasteiger partial charge >= 0.3 is 6.09 Å². The number of hydrogen-bond acceptors (Lipinski definition) is 7. The summed E-state index contributed by atoms with van der Waals surface area (Å²) in [7, 11) is -5.72. The van der Waals surface area contributed by atoms with Gasteiger partial charge in [0.25, 0.3) is 0 Å². The number of carbonyl (C=O) groups is 1. The van der Waals surface area contributed by atoms with E-state index in [9.17, 15) is 13.2 Å². The smallest absolute Gasteiger partial charge is 0.413 e. The fourth-order valence-electron chi connectivity index (χ4n) is 4.81. The molecule has 1 aromatic carbocycles. The first-order valence-corrected chi connectivity index (χ1v) is 16.4. The second-order valence-electron chi connectivity index (χ2n) is 10.1. The van der Waals surface area contributed by atoms with Crippen LogP contribution in [0.3, 0.4) is 0 Å². The number of ether oxygens (including phenoxy) is 1. The second-order valence-corrected chi connectivity index (χ2v) is 17.5. The van der Waals surface area contributed by atoms with Crippen molar-refractivity contribution in [1.29, 1.82) is 0 Å². The van der Waals surface area contributed by atoms with Gasteiger partial charge in [0, 0.05) is 18.0 Å². The molecule has 0 spiro atoms. The lowest BCUT2D eigenvalue weighted by molar-refractivity contribution is 0.155. The Kier molecular flexibility index (Phi) is 8.71. The third kappa shape index (κ3) is 6.53. The molecule has 0 saturated carbocycles. The third-order valence-electron chi connectivity index (χ3n) is 6.60. The number of fused-ring (bicyclic) bond motifs is 1. The van der Waals surface area contributed by atoms with Gasteiger partial charge in [-0.1, -0.05) is 77.8 Å². The summed E-state index contributed by atoms with van der Waals surface area (Å²) >= 11 is 0. The first kappa shape index (κ1) is 28.3. The highest BCUT2D eigenvalue weighted by Crippen LogP contribution is 2.41. The van der Waals surface area contributed by atoms with Gasteiger partial charge in [0.15, 0.2) is 5.65 Å². The van der Waals surface area contributed by atoms with Gasteiger partial charge in [-0.25, -0.2) is 23.2 Å². The number of pyridine rings is 1. The van der Waals surface area contributed by atoms with Crippen molar-refractivity contribution in [2.75, 3.05) is 11.6 Å². The normalized spacial score (nSPS) is 12.1. The van der Waals surface area contributed by atoms with E-state index in [1.165, 1.54) is 6.20 Å². The van der Waals surface area contributed by atoms with Crippen molar-refractivity contribution >= 4 is 40.9 Å². The molecule has 0 unspecified atom stereocenters. The summed E-state index contributed by atoms with van der Waals surface area (Å²) in [5.74, 6) is 3.52. The van der Waals surface area contributed by atoms with E-state index >= 15 is 0 Å². The zero-order chi connectivity index (χ0) is 27.4. The van der Waals surface area contributed by atoms with E-state index in [1.807, 2.05) is 30.3 Å². The van der Waals surface area contributed by atoms with Crippen LogP contribution in [0.25, 0.3) is 11.0 Å². The third-order valence-corrected chi connectivity index (χ3v) is 13.7. The summed E-state index contributed by atoms with van der Waals surface area (Å²) < 4.78 is 29.4. The number of nitrogens with zero attached hydrogens (tertiary/aromatic N) is 3. The SMILES string of the molecule is CC(C)[Si](C#Cc1cc(NC(=O)OCc2ccccc2)nc2nc(S(C)(=O)=O)ncc12)(C(C)C)C(C)C. The fourth-order valence-corrected chi connectivity index (χ4v) is 10.5.